The molecule has 1 unspecified atom stereocenters. The minimum Gasteiger partial charge on any atom is -0.356 e. The third-order valence-corrected chi connectivity index (χ3v) is 4.24. The number of nitrogens with one attached hydrogen (secondary N) is 1. The van der Waals surface area contributed by atoms with Gasteiger partial charge in [-0.3, -0.25) is 4.79 Å². The number of carbonyl (C=O) groups excluding carboxylic acids is 1. The molecule has 1 aliphatic rings. The molecule has 4 heteroatoms. The number of hydrogen-bond donors (Lipinski definition) is 1. The third-order valence-electron chi connectivity index (χ3n) is 3.14. The Morgan fingerprint density at radius 1 is 1.44 bits per heavy atom. The Bertz CT molecular complexity index is 367. The zero-order valence-corrected chi connectivity index (χ0v) is 10.7. The van der Waals surface area contributed by atoms with Gasteiger partial charge in [-0.25, -0.2) is 4.98 Å². The van der Waals surface area contributed by atoms with Crippen LogP contribution in [0.1, 0.15) is 34.8 Å². The van der Waals surface area contributed by atoms with Gasteiger partial charge in [-0.1, -0.05) is 6.42 Å². The fourth-order valence-corrected chi connectivity index (χ4v) is 3.05. The van der Waals surface area contributed by atoms with Gasteiger partial charge in [0.15, 0.2) is 0 Å². The second-order valence-corrected chi connectivity index (χ2v) is 5.72. The minimum atomic E-state index is 0.132. The van der Waals surface area contributed by atoms with Gasteiger partial charge in [0.05, 0.1) is 10.7 Å². The Balaban J connectivity index is 2.04. The van der Waals surface area contributed by atoms with Gasteiger partial charge in [0.2, 0.25) is 5.91 Å². The van der Waals surface area contributed by atoms with Crippen LogP contribution in [-0.2, 0) is 11.2 Å². The standard InChI is InChI=1S/C12H18N2OS/c1-8-9(2)16-11(14-8)7-10-5-3-4-6-13-12(10)15/h10H,3-7H2,1-2H3,(H,13,15). The summed E-state index contributed by atoms with van der Waals surface area (Å²) in [7, 11) is 0. The number of thiazole rings is 1. The highest BCUT2D eigenvalue weighted by Gasteiger charge is 2.22. The molecule has 1 saturated heterocycles. The van der Waals surface area contributed by atoms with E-state index in [1.807, 2.05) is 6.92 Å². The molecular formula is C12H18N2OS. The van der Waals surface area contributed by atoms with Crippen molar-refractivity contribution in [2.75, 3.05) is 6.54 Å². The summed E-state index contributed by atoms with van der Waals surface area (Å²) in [6.45, 7) is 4.96. The van der Waals surface area contributed by atoms with Gasteiger partial charge in [-0.15, -0.1) is 11.3 Å². The zero-order valence-electron chi connectivity index (χ0n) is 9.88. The third kappa shape index (κ3) is 2.61. The number of rotatable bonds is 2. The SMILES string of the molecule is Cc1nc(CC2CCCCNC2=O)sc1C. The van der Waals surface area contributed by atoms with Crippen molar-refractivity contribution >= 4 is 17.2 Å². The van der Waals surface area contributed by atoms with E-state index < -0.39 is 0 Å². The van der Waals surface area contributed by atoms with Crippen molar-refractivity contribution in [3.63, 3.8) is 0 Å². The molecule has 16 heavy (non-hydrogen) atoms. The molecule has 88 valence electrons. The van der Waals surface area contributed by atoms with Crippen LogP contribution in [0.2, 0.25) is 0 Å². The quantitative estimate of drug-likeness (QED) is 0.858. The van der Waals surface area contributed by atoms with E-state index in [-0.39, 0.29) is 11.8 Å². The maximum absolute atomic E-state index is 11.8. The Morgan fingerprint density at radius 3 is 2.94 bits per heavy atom. The zero-order chi connectivity index (χ0) is 11.5. The molecule has 0 spiro atoms. The first-order valence-corrected chi connectivity index (χ1v) is 6.69. The number of aromatic nitrogens is 1. The summed E-state index contributed by atoms with van der Waals surface area (Å²) in [5.41, 5.74) is 1.11. The summed E-state index contributed by atoms with van der Waals surface area (Å²) in [6, 6.07) is 0. The predicted molar refractivity (Wildman–Crippen MR) is 65.6 cm³/mol. The average molecular weight is 238 g/mol. The highest BCUT2D eigenvalue weighted by molar-refractivity contribution is 7.11. The topological polar surface area (TPSA) is 42.0 Å². The monoisotopic (exact) mass is 238 g/mol. The van der Waals surface area contributed by atoms with E-state index in [0.29, 0.717) is 0 Å². The van der Waals surface area contributed by atoms with Crippen LogP contribution in [0.3, 0.4) is 0 Å². The molecule has 3 nitrogen and oxygen atoms in total. The fourth-order valence-electron chi connectivity index (χ4n) is 2.03. The van der Waals surface area contributed by atoms with Crippen LogP contribution < -0.4 is 5.32 Å². The number of hydrogen-bond acceptors (Lipinski definition) is 3. The van der Waals surface area contributed by atoms with Crippen LogP contribution in [-0.4, -0.2) is 17.4 Å². The van der Waals surface area contributed by atoms with Crippen LogP contribution in [0.5, 0.6) is 0 Å². The highest BCUT2D eigenvalue weighted by Crippen LogP contribution is 2.23. The lowest BCUT2D eigenvalue weighted by Crippen LogP contribution is -2.30. The molecule has 1 N–H and O–H groups in total. The lowest BCUT2D eigenvalue weighted by molar-refractivity contribution is -0.124. The van der Waals surface area contributed by atoms with Crippen LogP contribution in [0, 0.1) is 19.8 Å². The van der Waals surface area contributed by atoms with E-state index in [2.05, 4.69) is 17.2 Å². The molecule has 2 rings (SSSR count). The van der Waals surface area contributed by atoms with E-state index >= 15 is 0 Å². The number of nitrogens with zero attached hydrogens (tertiary/aromatic N) is 1. The molecule has 0 aromatic carbocycles. The highest BCUT2D eigenvalue weighted by atomic mass is 32.1. The van der Waals surface area contributed by atoms with Gasteiger partial charge in [0, 0.05) is 23.8 Å². The number of carbonyl (C=O) groups is 1. The van der Waals surface area contributed by atoms with Crippen LogP contribution in [0.25, 0.3) is 0 Å². The van der Waals surface area contributed by atoms with Gasteiger partial charge in [-0.05, 0) is 26.7 Å². The van der Waals surface area contributed by atoms with Gasteiger partial charge in [0.1, 0.15) is 0 Å². The van der Waals surface area contributed by atoms with Crippen LogP contribution in [0.4, 0.5) is 0 Å². The van der Waals surface area contributed by atoms with E-state index in [9.17, 15) is 4.79 Å². The first kappa shape index (κ1) is 11.6. The van der Waals surface area contributed by atoms with Crippen molar-refractivity contribution in [1.29, 1.82) is 0 Å². The first-order chi connectivity index (χ1) is 7.66. The molecule has 0 aliphatic carbocycles. The Morgan fingerprint density at radius 2 is 2.25 bits per heavy atom. The molecule has 0 bridgehead atoms. The smallest absolute Gasteiger partial charge is 0.223 e. The second kappa shape index (κ2) is 4.95. The van der Waals surface area contributed by atoms with Crippen molar-refractivity contribution in [3.05, 3.63) is 15.6 Å². The minimum absolute atomic E-state index is 0.132. The molecule has 1 fully saturated rings. The number of aryl methyl sites for hydroxylation is 2. The van der Waals surface area contributed by atoms with Gasteiger partial charge >= 0.3 is 0 Å². The van der Waals surface area contributed by atoms with E-state index in [1.54, 1.807) is 11.3 Å². The molecule has 1 aromatic heterocycles. The summed E-state index contributed by atoms with van der Waals surface area (Å²) in [4.78, 5) is 17.6. The summed E-state index contributed by atoms with van der Waals surface area (Å²) in [6.07, 6.45) is 4.07. The second-order valence-electron chi connectivity index (χ2n) is 4.44. The molecule has 1 aliphatic heterocycles. The van der Waals surface area contributed by atoms with E-state index in [4.69, 9.17) is 0 Å². The predicted octanol–water partition coefficient (Wildman–Crippen LogP) is 2.22. The maximum atomic E-state index is 11.8. The molecule has 0 radical (unpaired) electrons. The van der Waals surface area contributed by atoms with Crippen molar-refractivity contribution < 1.29 is 4.79 Å². The lowest BCUT2D eigenvalue weighted by atomic mass is 9.99. The largest absolute Gasteiger partial charge is 0.356 e. The average Bonchev–Trinajstić information content (AvgIpc) is 2.44. The molecule has 1 aromatic rings. The van der Waals surface area contributed by atoms with Crippen LogP contribution >= 0.6 is 11.3 Å². The summed E-state index contributed by atoms with van der Waals surface area (Å²) >= 11 is 1.73. The molecular weight excluding hydrogens is 220 g/mol. The maximum Gasteiger partial charge on any atom is 0.223 e. The number of amides is 1. The van der Waals surface area contributed by atoms with E-state index in [0.717, 1.165) is 42.9 Å². The van der Waals surface area contributed by atoms with E-state index in [1.165, 1.54) is 4.88 Å². The normalized spacial score (nSPS) is 21.6. The van der Waals surface area contributed by atoms with Crippen LogP contribution in [0.15, 0.2) is 0 Å². The Kier molecular flexibility index (Phi) is 3.59. The summed E-state index contributed by atoms with van der Waals surface area (Å²) < 4.78 is 0. The molecule has 2 heterocycles. The van der Waals surface area contributed by atoms with Gasteiger partial charge in [0.25, 0.3) is 0 Å². The van der Waals surface area contributed by atoms with Gasteiger partial charge < -0.3 is 5.32 Å². The van der Waals surface area contributed by atoms with Crippen molar-refractivity contribution in [2.45, 2.75) is 39.5 Å². The fraction of sp³-hybridized carbons (Fsp3) is 0.667. The van der Waals surface area contributed by atoms with Gasteiger partial charge in [-0.2, -0.15) is 0 Å². The molecule has 0 saturated carbocycles. The summed E-state index contributed by atoms with van der Waals surface area (Å²) in [5, 5.41) is 4.08. The van der Waals surface area contributed by atoms with Crippen molar-refractivity contribution in [3.8, 4) is 0 Å². The van der Waals surface area contributed by atoms with Crippen molar-refractivity contribution in [1.82, 2.24) is 10.3 Å². The first-order valence-electron chi connectivity index (χ1n) is 5.87. The Labute approximate surface area is 100 Å². The molecule has 1 atom stereocenters. The molecule has 1 amide bonds. The Hall–Kier alpha value is -0.900. The lowest BCUT2D eigenvalue weighted by Gasteiger charge is -2.10. The summed E-state index contributed by atoms with van der Waals surface area (Å²) in [5.74, 6) is 0.343. The van der Waals surface area contributed by atoms with Crippen molar-refractivity contribution in [2.24, 2.45) is 5.92 Å².